The largest absolute Gasteiger partial charge is 0.384 e. The zero-order valence-corrected chi connectivity index (χ0v) is 12.8. The molecule has 0 unspecified atom stereocenters. The maximum atomic E-state index is 12.2. The molecule has 3 rings (SSSR count). The van der Waals surface area contributed by atoms with Gasteiger partial charge in [0.2, 0.25) is 5.91 Å². The number of fused-ring (bicyclic) bond motifs is 1. The van der Waals surface area contributed by atoms with E-state index in [4.69, 9.17) is 4.74 Å². The van der Waals surface area contributed by atoms with E-state index in [1.165, 1.54) is 12.4 Å². The molecule has 8 nitrogen and oxygen atoms in total. The minimum Gasteiger partial charge on any atom is -0.384 e. The summed E-state index contributed by atoms with van der Waals surface area (Å²) >= 11 is 0. The Kier molecular flexibility index (Phi) is 4.42. The van der Waals surface area contributed by atoms with Gasteiger partial charge in [0.15, 0.2) is 5.82 Å². The van der Waals surface area contributed by atoms with Crippen molar-refractivity contribution in [3.8, 4) is 11.5 Å². The molecule has 120 valence electrons. The van der Waals surface area contributed by atoms with Crippen LogP contribution in [-0.2, 0) is 22.5 Å². The highest BCUT2D eigenvalue weighted by atomic mass is 16.5. The van der Waals surface area contributed by atoms with Gasteiger partial charge in [0.1, 0.15) is 5.69 Å². The number of aromatic amines is 1. The van der Waals surface area contributed by atoms with Gasteiger partial charge in [0.05, 0.1) is 31.5 Å². The molecular formula is C15H17N5O3. The number of nitrogens with zero attached hydrogens (tertiary/aromatic N) is 4. The molecule has 3 heterocycles. The summed E-state index contributed by atoms with van der Waals surface area (Å²) in [7, 11) is 1.56. The van der Waals surface area contributed by atoms with Gasteiger partial charge in [0.25, 0.3) is 5.56 Å². The molecule has 0 saturated carbocycles. The molecule has 2 aromatic rings. The van der Waals surface area contributed by atoms with Crippen molar-refractivity contribution < 1.29 is 9.53 Å². The van der Waals surface area contributed by atoms with Crippen LogP contribution in [0.1, 0.15) is 17.7 Å². The van der Waals surface area contributed by atoms with Gasteiger partial charge in [-0.15, -0.1) is 0 Å². The maximum Gasteiger partial charge on any atom is 0.254 e. The molecule has 1 N–H and O–H groups in total. The summed E-state index contributed by atoms with van der Waals surface area (Å²) in [5, 5.41) is 0. The van der Waals surface area contributed by atoms with E-state index in [2.05, 4.69) is 19.9 Å². The fourth-order valence-electron chi connectivity index (χ4n) is 2.54. The smallest absolute Gasteiger partial charge is 0.254 e. The highest BCUT2D eigenvalue weighted by Gasteiger charge is 2.24. The van der Waals surface area contributed by atoms with Crippen molar-refractivity contribution in [3.05, 3.63) is 40.2 Å². The lowest BCUT2D eigenvalue weighted by atomic mass is 10.1. The topological polar surface area (TPSA) is 101 Å². The van der Waals surface area contributed by atoms with Gasteiger partial charge in [-0.05, 0) is 6.42 Å². The van der Waals surface area contributed by atoms with Crippen LogP contribution in [0.25, 0.3) is 11.5 Å². The first-order valence-electron chi connectivity index (χ1n) is 7.34. The summed E-state index contributed by atoms with van der Waals surface area (Å²) in [4.78, 5) is 41.4. The molecule has 0 atom stereocenters. The molecule has 23 heavy (non-hydrogen) atoms. The second-order valence-electron chi connectivity index (χ2n) is 5.24. The lowest BCUT2D eigenvalue weighted by Gasteiger charge is -2.27. The molecular weight excluding hydrogens is 298 g/mol. The fraction of sp³-hybridized carbons (Fsp3) is 0.400. The Morgan fingerprint density at radius 1 is 1.43 bits per heavy atom. The van der Waals surface area contributed by atoms with E-state index >= 15 is 0 Å². The molecule has 0 aliphatic carbocycles. The average Bonchev–Trinajstić information content (AvgIpc) is 2.59. The lowest BCUT2D eigenvalue weighted by Crippen LogP contribution is -2.39. The predicted molar refractivity (Wildman–Crippen MR) is 81.5 cm³/mol. The Morgan fingerprint density at radius 2 is 2.30 bits per heavy atom. The Labute approximate surface area is 132 Å². The zero-order valence-electron chi connectivity index (χ0n) is 12.8. The highest BCUT2D eigenvalue weighted by molar-refractivity contribution is 5.76. The first-order chi connectivity index (χ1) is 11.2. The number of hydrogen-bond acceptors (Lipinski definition) is 6. The first-order valence-corrected chi connectivity index (χ1v) is 7.34. The number of ether oxygens (including phenoxy) is 1. The number of aromatic nitrogens is 4. The first kappa shape index (κ1) is 15.3. The molecule has 1 aliphatic heterocycles. The summed E-state index contributed by atoms with van der Waals surface area (Å²) in [6, 6.07) is 0. The van der Waals surface area contributed by atoms with Crippen molar-refractivity contribution >= 4 is 5.91 Å². The van der Waals surface area contributed by atoms with Gasteiger partial charge >= 0.3 is 0 Å². The Hall–Kier alpha value is -2.61. The third-order valence-electron chi connectivity index (χ3n) is 3.75. The second kappa shape index (κ2) is 6.66. The number of nitrogens with one attached hydrogen (secondary N) is 1. The number of methoxy groups -OCH3 is 1. The summed E-state index contributed by atoms with van der Waals surface area (Å²) in [5.41, 5.74) is 1.56. The molecule has 0 radical (unpaired) electrons. The van der Waals surface area contributed by atoms with E-state index < -0.39 is 0 Å². The molecule has 1 amide bonds. The van der Waals surface area contributed by atoms with Crippen molar-refractivity contribution in [1.29, 1.82) is 0 Å². The monoisotopic (exact) mass is 315 g/mol. The third kappa shape index (κ3) is 3.26. The van der Waals surface area contributed by atoms with Gasteiger partial charge in [-0.2, -0.15) is 0 Å². The highest BCUT2D eigenvalue weighted by Crippen LogP contribution is 2.17. The quantitative estimate of drug-likeness (QED) is 0.862. The number of carbonyl (C=O) groups is 1. The van der Waals surface area contributed by atoms with Crippen LogP contribution >= 0.6 is 0 Å². The zero-order chi connectivity index (χ0) is 16.2. The molecule has 0 saturated heterocycles. The molecule has 1 aliphatic rings. The van der Waals surface area contributed by atoms with E-state index in [-0.39, 0.29) is 11.5 Å². The standard InChI is InChI=1S/C15H17N5O3/c1-23-7-3-13(21)20-6-2-10-12(9-20)18-14(19-15(10)22)11-8-16-4-5-17-11/h4-5,8H,2-3,6-7,9H2,1H3,(H,18,19,22). The minimum atomic E-state index is -0.181. The van der Waals surface area contributed by atoms with Gasteiger partial charge in [-0.1, -0.05) is 0 Å². The molecule has 0 aromatic carbocycles. The Morgan fingerprint density at radius 3 is 3.04 bits per heavy atom. The van der Waals surface area contributed by atoms with Gasteiger partial charge < -0.3 is 14.6 Å². The molecule has 0 spiro atoms. The van der Waals surface area contributed by atoms with Crippen molar-refractivity contribution in [3.63, 3.8) is 0 Å². The van der Waals surface area contributed by atoms with Crippen molar-refractivity contribution in [2.75, 3.05) is 20.3 Å². The predicted octanol–water partition coefficient (Wildman–Crippen LogP) is 0.148. The van der Waals surface area contributed by atoms with Crippen LogP contribution in [-0.4, -0.2) is 51.0 Å². The van der Waals surface area contributed by atoms with Crippen molar-refractivity contribution in [2.24, 2.45) is 0 Å². The van der Waals surface area contributed by atoms with Crippen LogP contribution < -0.4 is 5.56 Å². The van der Waals surface area contributed by atoms with E-state index in [0.717, 1.165) is 0 Å². The summed E-state index contributed by atoms with van der Waals surface area (Å²) in [5.74, 6) is 0.369. The lowest BCUT2D eigenvalue weighted by molar-refractivity contribution is -0.133. The van der Waals surface area contributed by atoms with Crippen molar-refractivity contribution in [2.45, 2.75) is 19.4 Å². The number of hydrogen-bond donors (Lipinski definition) is 1. The van der Waals surface area contributed by atoms with E-state index in [9.17, 15) is 9.59 Å². The number of amides is 1. The number of rotatable bonds is 4. The van der Waals surface area contributed by atoms with Crippen LogP contribution in [0, 0.1) is 0 Å². The normalized spacial score (nSPS) is 13.7. The van der Waals surface area contributed by atoms with Crippen LogP contribution in [0.15, 0.2) is 23.4 Å². The van der Waals surface area contributed by atoms with Crippen LogP contribution in [0.4, 0.5) is 0 Å². The number of H-pyrrole nitrogens is 1. The molecule has 0 bridgehead atoms. The number of carbonyl (C=O) groups excluding carboxylic acids is 1. The van der Waals surface area contributed by atoms with E-state index in [1.807, 2.05) is 0 Å². The Balaban J connectivity index is 1.88. The molecule has 2 aromatic heterocycles. The van der Waals surface area contributed by atoms with E-state index in [0.29, 0.717) is 55.3 Å². The molecule has 0 fully saturated rings. The SMILES string of the molecule is COCCC(=O)N1CCc2c(nc(-c3cnccn3)[nH]c2=O)C1. The summed E-state index contributed by atoms with van der Waals surface area (Å²) in [6.45, 7) is 1.23. The van der Waals surface area contributed by atoms with Crippen LogP contribution in [0.2, 0.25) is 0 Å². The summed E-state index contributed by atoms with van der Waals surface area (Å²) < 4.78 is 4.94. The molecule has 8 heteroatoms. The maximum absolute atomic E-state index is 12.2. The average molecular weight is 315 g/mol. The second-order valence-corrected chi connectivity index (χ2v) is 5.24. The van der Waals surface area contributed by atoms with Crippen molar-refractivity contribution in [1.82, 2.24) is 24.8 Å². The summed E-state index contributed by atoms with van der Waals surface area (Å²) in [6.07, 6.45) is 5.45. The van der Waals surface area contributed by atoms with Gasteiger partial charge in [-0.3, -0.25) is 14.6 Å². The van der Waals surface area contributed by atoms with Gasteiger partial charge in [-0.25, -0.2) is 9.97 Å². The Bertz CT molecular complexity index is 759. The van der Waals surface area contributed by atoms with Crippen LogP contribution in [0.3, 0.4) is 0 Å². The van der Waals surface area contributed by atoms with E-state index in [1.54, 1.807) is 18.2 Å². The third-order valence-corrected chi connectivity index (χ3v) is 3.75. The minimum absolute atomic E-state index is 0.000587. The van der Waals surface area contributed by atoms with Gasteiger partial charge in [0, 0.05) is 31.6 Å². The fourth-order valence-corrected chi connectivity index (χ4v) is 2.54. The van der Waals surface area contributed by atoms with Crippen LogP contribution in [0.5, 0.6) is 0 Å².